The standard InChI is InChI=1S/C46H30/c1-2-13-31(14-3-1)32-25-27-34(28-26-32)45-40-20-8-10-22-42(40)46(43-23-11-9-21-41(43)45)36-29-35-16-5-7-19-38(35)44(30-36)39-24-12-17-33-15-4-6-18-37(33)39/h1-30H. The summed E-state index contributed by atoms with van der Waals surface area (Å²) < 4.78 is 0. The Balaban J connectivity index is 1.33. The fourth-order valence-electron chi connectivity index (χ4n) is 7.35. The van der Waals surface area contributed by atoms with Crippen LogP contribution in [0.2, 0.25) is 0 Å². The molecule has 0 aliphatic carbocycles. The van der Waals surface area contributed by atoms with Gasteiger partial charge in [0.05, 0.1) is 0 Å². The van der Waals surface area contributed by atoms with Crippen molar-refractivity contribution in [2.75, 3.05) is 0 Å². The smallest absolute Gasteiger partial charge is 0.00259 e. The van der Waals surface area contributed by atoms with Gasteiger partial charge in [-0.25, -0.2) is 0 Å². The van der Waals surface area contributed by atoms with Crippen molar-refractivity contribution in [3.05, 3.63) is 182 Å². The zero-order valence-electron chi connectivity index (χ0n) is 25.3. The van der Waals surface area contributed by atoms with Gasteiger partial charge in [-0.2, -0.15) is 0 Å². The lowest BCUT2D eigenvalue weighted by Crippen LogP contribution is -1.92. The lowest BCUT2D eigenvalue weighted by atomic mass is 9.84. The van der Waals surface area contributed by atoms with E-state index in [0.29, 0.717) is 0 Å². The van der Waals surface area contributed by atoms with E-state index in [1.165, 1.54) is 87.6 Å². The first-order valence-electron chi connectivity index (χ1n) is 15.9. The molecule has 0 radical (unpaired) electrons. The molecule has 0 aromatic heterocycles. The first-order chi connectivity index (χ1) is 22.8. The Morgan fingerprint density at radius 3 is 1.28 bits per heavy atom. The molecule has 0 heterocycles. The van der Waals surface area contributed by atoms with Crippen LogP contribution in [0.4, 0.5) is 0 Å². The van der Waals surface area contributed by atoms with Gasteiger partial charge in [-0.1, -0.05) is 170 Å². The molecule has 0 heteroatoms. The molecule has 0 nitrogen and oxygen atoms in total. The molecule has 0 spiro atoms. The Morgan fingerprint density at radius 1 is 0.217 bits per heavy atom. The van der Waals surface area contributed by atoms with Crippen molar-refractivity contribution < 1.29 is 0 Å². The molecule has 0 amide bonds. The van der Waals surface area contributed by atoms with Crippen molar-refractivity contribution >= 4 is 43.1 Å². The number of rotatable bonds is 4. The Morgan fingerprint density at radius 2 is 0.652 bits per heavy atom. The molecule has 0 N–H and O–H groups in total. The van der Waals surface area contributed by atoms with Crippen molar-refractivity contribution in [3.8, 4) is 44.5 Å². The third-order valence-corrected chi connectivity index (χ3v) is 9.44. The normalized spacial score (nSPS) is 11.5. The summed E-state index contributed by atoms with van der Waals surface area (Å²) in [6, 6.07) is 66.5. The molecule has 46 heavy (non-hydrogen) atoms. The molecule has 9 rings (SSSR count). The van der Waals surface area contributed by atoms with Gasteiger partial charge in [-0.05, 0) is 99.7 Å². The Labute approximate surface area is 268 Å². The van der Waals surface area contributed by atoms with E-state index in [1.54, 1.807) is 0 Å². The minimum atomic E-state index is 1.23. The quantitative estimate of drug-likeness (QED) is 0.181. The highest BCUT2D eigenvalue weighted by molar-refractivity contribution is 6.22. The van der Waals surface area contributed by atoms with Gasteiger partial charge in [0.25, 0.3) is 0 Å². The van der Waals surface area contributed by atoms with E-state index in [2.05, 4.69) is 182 Å². The van der Waals surface area contributed by atoms with E-state index >= 15 is 0 Å². The van der Waals surface area contributed by atoms with Crippen LogP contribution in [0.25, 0.3) is 87.6 Å². The van der Waals surface area contributed by atoms with E-state index in [4.69, 9.17) is 0 Å². The number of hydrogen-bond acceptors (Lipinski definition) is 0. The molecule has 0 bridgehead atoms. The van der Waals surface area contributed by atoms with Crippen molar-refractivity contribution in [3.63, 3.8) is 0 Å². The first-order valence-corrected chi connectivity index (χ1v) is 15.9. The predicted octanol–water partition coefficient (Wildman–Crippen LogP) is 13.0. The van der Waals surface area contributed by atoms with Crippen molar-refractivity contribution in [2.45, 2.75) is 0 Å². The number of fused-ring (bicyclic) bond motifs is 4. The van der Waals surface area contributed by atoms with Crippen LogP contribution in [-0.2, 0) is 0 Å². The highest BCUT2D eigenvalue weighted by Gasteiger charge is 2.18. The summed E-state index contributed by atoms with van der Waals surface area (Å²) in [5.74, 6) is 0. The molecule has 0 saturated heterocycles. The fourth-order valence-corrected chi connectivity index (χ4v) is 7.35. The molecule has 0 unspecified atom stereocenters. The number of hydrogen-bond donors (Lipinski definition) is 0. The Bertz CT molecular complexity index is 2490. The Hall–Kier alpha value is -5.98. The third-order valence-electron chi connectivity index (χ3n) is 9.44. The van der Waals surface area contributed by atoms with Gasteiger partial charge < -0.3 is 0 Å². The first kappa shape index (κ1) is 26.4. The molecule has 0 saturated carbocycles. The zero-order valence-corrected chi connectivity index (χ0v) is 25.3. The molecule has 214 valence electrons. The molecule has 0 fully saturated rings. The molecule has 9 aromatic carbocycles. The van der Waals surface area contributed by atoms with Crippen LogP contribution >= 0.6 is 0 Å². The van der Waals surface area contributed by atoms with Gasteiger partial charge in [-0.3, -0.25) is 0 Å². The topological polar surface area (TPSA) is 0 Å². The van der Waals surface area contributed by atoms with E-state index in [0.717, 1.165) is 0 Å². The maximum absolute atomic E-state index is 2.42. The van der Waals surface area contributed by atoms with E-state index < -0.39 is 0 Å². The maximum Gasteiger partial charge on any atom is -0.00259 e. The highest BCUT2D eigenvalue weighted by Crippen LogP contribution is 2.46. The Kier molecular flexibility index (Phi) is 6.25. The summed E-state index contributed by atoms with van der Waals surface area (Å²) >= 11 is 0. The summed E-state index contributed by atoms with van der Waals surface area (Å²) in [5, 5.41) is 10.1. The van der Waals surface area contributed by atoms with Crippen LogP contribution in [-0.4, -0.2) is 0 Å². The zero-order chi connectivity index (χ0) is 30.5. The van der Waals surface area contributed by atoms with Crippen molar-refractivity contribution in [1.29, 1.82) is 0 Å². The summed E-state index contributed by atoms with van der Waals surface area (Å²) in [6.07, 6.45) is 0. The summed E-state index contributed by atoms with van der Waals surface area (Å²) in [7, 11) is 0. The summed E-state index contributed by atoms with van der Waals surface area (Å²) in [5.41, 5.74) is 10.0. The van der Waals surface area contributed by atoms with Gasteiger partial charge in [0, 0.05) is 0 Å². The monoisotopic (exact) mass is 582 g/mol. The molecule has 0 aliphatic heterocycles. The number of benzene rings is 9. The van der Waals surface area contributed by atoms with Crippen molar-refractivity contribution in [1.82, 2.24) is 0 Å². The second-order valence-electron chi connectivity index (χ2n) is 12.1. The average molecular weight is 583 g/mol. The fraction of sp³-hybridized carbons (Fsp3) is 0. The minimum Gasteiger partial charge on any atom is -0.0622 e. The van der Waals surface area contributed by atoms with Gasteiger partial charge in [0.2, 0.25) is 0 Å². The third kappa shape index (κ3) is 4.30. The molecular formula is C46H30. The van der Waals surface area contributed by atoms with E-state index in [1.807, 2.05) is 0 Å². The predicted molar refractivity (Wildman–Crippen MR) is 198 cm³/mol. The SMILES string of the molecule is c1ccc(-c2ccc(-c3c4ccccc4c(-c4cc(-c5cccc6ccccc56)c5ccccc5c4)c4ccccc34)cc2)cc1. The van der Waals surface area contributed by atoms with Gasteiger partial charge in [0.1, 0.15) is 0 Å². The summed E-state index contributed by atoms with van der Waals surface area (Å²) in [4.78, 5) is 0. The van der Waals surface area contributed by atoms with Gasteiger partial charge >= 0.3 is 0 Å². The lowest BCUT2D eigenvalue weighted by molar-refractivity contribution is 1.61. The average Bonchev–Trinajstić information content (AvgIpc) is 3.13. The van der Waals surface area contributed by atoms with E-state index in [9.17, 15) is 0 Å². The van der Waals surface area contributed by atoms with Crippen LogP contribution in [0.5, 0.6) is 0 Å². The van der Waals surface area contributed by atoms with Gasteiger partial charge in [-0.15, -0.1) is 0 Å². The van der Waals surface area contributed by atoms with Crippen LogP contribution < -0.4 is 0 Å². The molecule has 9 aromatic rings. The minimum absolute atomic E-state index is 1.23. The maximum atomic E-state index is 2.42. The molecular weight excluding hydrogens is 553 g/mol. The van der Waals surface area contributed by atoms with Crippen LogP contribution in [0.1, 0.15) is 0 Å². The summed E-state index contributed by atoms with van der Waals surface area (Å²) in [6.45, 7) is 0. The van der Waals surface area contributed by atoms with Gasteiger partial charge in [0.15, 0.2) is 0 Å². The largest absolute Gasteiger partial charge is 0.0622 e. The van der Waals surface area contributed by atoms with E-state index in [-0.39, 0.29) is 0 Å². The van der Waals surface area contributed by atoms with Crippen LogP contribution in [0, 0.1) is 0 Å². The molecule has 0 aliphatic rings. The second kappa shape index (κ2) is 10.9. The highest BCUT2D eigenvalue weighted by atomic mass is 14.2. The van der Waals surface area contributed by atoms with Crippen molar-refractivity contribution in [2.24, 2.45) is 0 Å². The lowest BCUT2D eigenvalue weighted by Gasteiger charge is -2.19. The van der Waals surface area contributed by atoms with Crippen LogP contribution in [0.15, 0.2) is 182 Å². The van der Waals surface area contributed by atoms with Crippen LogP contribution in [0.3, 0.4) is 0 Å². The molecule has 0 atom stereocenters. The second-order valence-corrected chi connectivity index (χ2v) is 12.1.